The molecule has 0 aromatic carbocycles. The van der Waals surface area contributed by atoms with E-state index in [1.165, 1.54) is 11.3 Å². The predicted octanol–water partition coefficient (Wildman–Crippen LogP) is 3.38. The molecule has 0 spiro atoms. The molecule has 0 atom stereocenters. The zero-order chi connectivity index (χ0) is 14.4. The summed E-state index contributed by atoms with van der Waals surface area (Å²) in [7, 11) is 0. The van der Waals surface area contributed by atoms with Crippen molar-refractivity contribution in [3.05, 3.63) is 50.4 Å². The second-order valence-corrected chi connectivity index (χ2v) is 6.36. The summed E-state index contributed by atoms with van der Waals surface area (Å²) in [5.74, 6) is -0.00841. The lowest BCUT2D eigenvalue weighted by atomic mass is 10.3. The summed E-state index contributed by atoms with van der Waals surface area (Å²) in [5, 5.41) is 4.81. The van der Waals surface area contributed by atoms with Gasteiger partial charge < -0.3 is 5.32 Å². The predicted molar refractivity (Wildman–Crippen MR) is 84.4 cm³/mol. The van der Waals surface area contributed by atoms with Crippen LogP contribution in [0.4, 0.5) is 0 Å². The number of thiophene rings is 2. The molecular formula is C15H15NO2S2. The molecule has 1 amide bonds. The van der Waals surface area contributed by atoms with Gasteiger partial charge in [-0.2, -0.15) is 0 Å². The summed E-state index contributed by atoms with van der Waals surface area (Å²) in [5.41, 5.74) is 0. The van der Waals surface area contributed by atoms with Gasteiger partial charge in [0.1, 0.15) is 0 Å². The van der Waals surface area contributed by atoms with Crippen LogP contribution in [0.1, 0.15) is 26.3 Å². The third kappa shape index (κ3) is 4.43. The molecule has 2 aromatic heterocycles. The van der Waals surface area contributed by atoms with Crippen molar-refractivity contribution in [1.29, 1.82) is 0 Å². The summed E-state index contributed by atoms with van der Waals surface area (Å²) in [4.78, 5) is 25.7. The SMILES string of the molecule is CC(=O)c1ccc(CCNC(=O)C=Cc2cccs2)s1. The van der Waals surface area contributed by atoms with Crippen molar-refractivity contribution in [3.8, 4) is 0 Å². The summed E-state index contributed by atoms with van der Waals surface area (Å²) in [6.07, 6.45) is 4.09. The van der Waals surface area contributed by atoms with Gasteiger partial charge in [0.25, 0.3) is 0 Å². The molecule has 0 fully saturated rings. The monoisotopic (exact) mass is 305 g/mol. The molecule has 20 heavy (non-hydrogen) atoms. The van der Waals surface area contributed by atoms with Crippen LogP contribution in [0.15, 0.2) is 35.7 Å². The van der Waals surface area contributed by atoms with Crippen LogP contribution in [0.5, 0.6) is 0 Å². The van der Waals surface area contributed by atoms with Crippen LogP contribution in [0, 0.1) is 0 Å². The normalized spacial score (nSPS) is 10.8. The fourth-order valence-electron chi connectivity index (χ4n) is 1.61. The van der Waals surface area contributed by atoms with Crippen LogP contribution < -0.4 is 5.32 Å². The first-order valence-corrected chi connectivity index (χ1v) is 7.94. The number of hydrogen-bond acceptors (Lipinski definition) is 4. The van der Waals surface area contributed by atoms with Gasteiger partial charge in [-0.1, -0.05) is 6.07 Å². The van der Waals surface area contributed by atoms with Crippen molar-refractivity contribution in [2.45, 2.75) is 13.3 Å². The fraction of sp³-hybridized carbons (Fsp3) is 0.200. The largest absolute Gasteiger partial charge is 0.352 e. The Balaban J connectivity index is 1.75. The van der Waals surface area contributed by atoms with E-state index in [1.54, 1.807) is 30.4 Å². The first kappa shape index (κ1) is 14.7. The van der Waals surface area contributed by atoms with E-state index in [9.17, 15) is 9.59 Å². The molecule has 0 aliphatic heterocycles. The Morgan fingerprint density at radius 2 is 2.15 bits per heavy atom. The van der Waals surface area contributed by atoms with E-state index in [2.05, 4.69) is 5.32 Å². The highest BCUT2D eigenvalue weighted by atomic mass is 32.1. The van der Waals surface area contributed by atoms with Gasteiger partial charge in [-0.05, 0) is 43.0 Å². The van der Waals surface area contributed by atoms with Gasteiger partial charge in [0, 0.05) is 22.4 Å². The molecule has 2 aromatic rings. The van der Waals surface area contributed by atoms with Gasteiger partial charge in [0.15, 0.2) is 5.78 Å². The number of Topliss-reactive ketones (excluding diaryl/α,β-unsaturated/α-hetero) is 1. The van der Waals surface area contributed by atoms with Gasteiger partial charge in [-0.3, -0.25) is 9.59 Å². The minimum atomic E-state index is -0.0956. The highest BCUT2D eigenvalue weighted by Gasteiger charge is 2.04. The fourth-order valence-corrected chi connectivity index (χ4v) is 3.13. The molecule has 2 rings (SSSR count). The van der Waals surface area contributed by atoms with Gasteiger partial charge in [0.05, 0.1) is 4.88 Å². The maximum absolute atomic E-state index is 11.6. The van der Waals surface area contributed by atoms with Gasteiger partial charge in [-0.25, -0.2) is 0 Å². The highest BCUT2D eigenvalue weighted by Crippen LogP contribution is 2.17. The van der Waals surface area contributed by atoms with Crippen molar-refractivity contribution in [2.75, 3.05) is 6.54 Å². The van der Waals surface area contributed by atoms with E-state index in [1.807, 2.05) is 29.6 Å². The smallest absolute Gasteiger partial charge is 0.244 e. The Kier molecular flexibility index (Phi) is 5.26. The molecule has 0 aliphatic carbocycles. The summed E-state index contributed by atoms with van der Waals surface area (Å²) in [6, 6.07) is 7.69. The van der Waals surface area contributed by atoms with Gasteiger partial charge in [-0.15, -0.1) is 22.7 Å². The number of ketones is 1. The molecule has 2 heterocycles. The lowest BCUT2D eigenvalue weighted by Gasteiger charge is -1.99. The van der Waals surface area contributed by atoms with E-state index in [0.717, 1.165) is 21.1 Å². The molecule has 0 saturated heterocycles. The number of carbonyl (C=O) groups is 2. The van der Waals surface area contributed by atoms with Crippen LogP contribution in [0.3, 0.4) is 0 Å². The maximum Gasteiger partial charge on any atom is 0.244 e. The van der Waals surface area contributed by atoms with Crippen molar-refractivity contribution in [2.24, 2.45) is 0 Å². The van der Waals surface area contributed by atoms with Crippen molar-refractivity contribution in [3.63, 3.8) is 0 Å². The number of carbonyl (C=O) groups excluding carboxylic acids is 2. The van der Waals surface area contributed by atoms with Crippen LogP contribution in [-0.4, -0.2) is 18.2 Å². The van der Waals surface area contributed by atoms with Crippen LogP contribution in [0.25, 0.3) is 6.08 Å². The van der Waals surface area contributed by atoms with Crippen LogP contribution >= 0.6 is 22.7 Å². The summed E-state index contributed by atoms with van der Waals surface area (Å²) in [6.45, 7) is 2.14. The quantitative estimate of drug-likeness (QED) is 0.657. The van der Waals surface area contributed by atoms with E-state index < -0.39 is 0 Å². The first-order chi connectivity index (χ1) is 9.65. The van der Waals surface area contributed by atoms with Crippen molar-refractivity contribution in [1.82, 2.24) is 5.32 Å². The first-order valence-electron chi connectivity index (χ1n) is 6.24. The molecule has 5 heteroatoms. The van der Waals surface area contributed by atoms with E-state index >= 15 is 0 Å². The topological polar surface area (TPSA) is 46.2 Å². The molecule has 104 valence electrons. The third-order valence-corrected chi connectivity index (χ3v) is 4.70. The van der Waals surface area contributed by atoms with Gasteiger partial charge in [0.2, 0.25) is 5.91 Å². The van der Waals surface area contributed by atoms with E-state index in [-0.39, 0.29) is 11.7 Å². The third-order valence-electron chi connectivity index (χ3n) is 2.62. The molecule has 0 radical (unpaired) electrons. The number of nitrogens with one attached hydrogen (secondary N) is 1. The summed E-state index contributed by atoms with van der Waals surface area (Å²) >= 11 is 3.08. The molecule has 0 bridgehead atoms. The Morgan fingerprint density at radius 3 is 2.80 bits per heavy atom. The minimum absolute atomic E-state index is 0.0872. The standard InChI is InChI=1S/C15H15NO2S2/c1-11(17)14-6-4-13(20-14)8-9-16-15(18)7-5-12-3-2-10-19-12/h2-7,10H,8-9H2,1H3,(H,16,18). The van der Waals surface area contributed by atoms with E-state index in [4.69, 9.17) is 0 Å². The molecule has 0 unspecified atom stereocenters. The second kappa shape index (κ2) is 7.17. The molecule has 0 saturated carbocycles. The lowest BCUT2D eigenvalue weighted by molar-refractivity contribution is -0.116. The molecular weight excluding hydrogens is 290 g/mol. The summed E-state index contributed by atoms with van der Waals surface area (Å²) < 4.78 is 0. The Bertz CT molecular complexity index is 612. The van der Waals surface area contributed by atoms with Gasteiger partial charge >= 0.3 is 0 Å². The Morgan fingerprint density at radius 1 is 1.30 bits per heavy atom. The maximum atomic E-state index is 11.6. The zero-order valence-corrected chi connectivity index (χ0v) is 12.7. The highest BCUT2D eigenvalue weighted by molar-refractivity contribution is 7.14. The average Bonchev–Trinajstić information content (AvgIpc) is 3.07. The minimum Gasteiger partial charge on any atom is -0.352 e. The second-order valence-electron chi connectivity index (χ2n) is 4.21. The van der Waals surface area contributed by atoms with Crippen molar-refractivity contribution >= 4 is 40.4 Å². The Hall–Kier alpha value is -1.72. The lowest BCUT2D eigenvalue weighted by Crippen LogP contribution is -2.23. The molecule has 3 nitrogen and oxygen atoms in total. The average molecular weight is 305 g/mol. The van der Waals surface area contributed by atoms with Crippen LogP contribution in [-0.2, 0) is 11.2 Å². The van der Waals surface area contributed by atoms with E-state index in [0.29, 0.717) is 6.54 Å². The number of hydrogen-bond donors (Lipinski definition) is 1. The number of rotatable bonds is 6. The Labute approximate surface area is 126 Å². The van der Waals surface area contributed by atoms with Crippen LogP contribution in [0.2, 0.25) is 0 Å². The zero-order valence-electron chi connectivity index (χ0n) is 11.1. The van der Waals surface area contributed by atoms with Crippen molar-refractivity contribution < 1.29 is 9.59 Å². The molecule has 0 aliphatic rings. The number of amides is 1. The molecule has 1 N–H and O–H groups in total.